The van der Waals surface area contributed by atoms with Gasteiger partial charge in [0.15, 0.2) is 0 Å². The summed E-state index contributed by atoms with van der Waals surface area (Å²) in [6, 6.07) is 7.94. The molecule has 3 rings (SSSR count). The summed E-state index contributed by atoms with van der Waals surface area (Å²) in [5, 5.41) is 18.3. The first-order chi connectivity index (χ1) is 11.3. The van der Waals surface area contributed by atoms with Crippen LogP contribution in [-0.2, 0) is 11.2 Å². The predicted molar refractivity (Wildman–Crippen MR) is 88.5 cm³/mol. The number of para-hydroxylation sites is 1. The van der Waals surface area contributed by atoms with Crippen molar-refractivity contribution in [2.75, 3.05) is 26.3 Å². The van der Waals surface area contributed by atoms with Gasteiger partial charge >= 0.3 is 0 Å². The first-order valence-corrected chi connectivity index (χ1v) is 8.52. The fourth-order valence-electron chi connectivity index (χ4n) is 3.88. The van der Waals surface area contributed by atoms with E-state index in [-0.39, 0.29) is 10.6 Å². The number of benzene rings is 1. The minimum Gasteiger partial charge on any atom is -0.379 e. The van der Waals surface area contributed by atoms with Crippen LogP contribution in [0.1, 0.15) is 24.8 Å². The largest absolute Gasteiger partial charge is 0.379 e. The van der Waals surface area contributed by atoms with Crippen molar-refractivity contribution in [1.29, 1.82) is 0 Å². The van der Waals surface area contributed by atoms with E-state index in [1.54, 1.807) is 12.1 Å². The van der Waals surface area contributed by atoms with Crippen LogP contribution in [0.15, 0.2) is 24.3 Å². The number of morpholine rings is 1. The molecular formula is C17H25N3O3. The molecule has 2 fully saturated rings. The lowest BCUT2D eigenvalue weighted by molar-refractivity contribution is -0.385. The molecule has 1 aliphatic heterocycles. The third-order valence-electron chi connectivity index (χ3n) is 5.03. The summed E-state index contributed by atoms with van der Waals surface area (Å²) in [5.74, 6) is 0.598. The highest BCUT2D eigenvalue weighted by Crippen LogP contribution is 2.29. The third kappa shape index (κ3) is 4.07. The average Bonchev–Trinajstić information content (AvgIpc) is 3.04. The van der Waals surface area contributed by atoms with Crippen molar-refractivity contribution in [3.63, 3.8) is 0 Å². The number of nitro benzene ring substituents is 1. The summed E-state index contributed by atoms with van der Waals surface area (Å²) in [6.45, 7) is 3.32. The van der Waals surface area contributed by atoms with Crippen molar-refractivity contribution >= 4 is 5.69 Å². The molecule has 0 bridgehead atoms. The molecule has 0 aromatic heterocycles. The molecule has 1 saturated heterocycles. The molecule has 6 nitrogen and oxygen atoms in total. The van der Waals surface area contributed by atoms with E-state index >= 15 is 0 Å². The standard InChI is InChI=1S/C17H25N3O3/c21-20(22)17-7-2-1-4-13(17)8-9-18-15-6-3-5-14(15)16-12-23-11-10-19-16/h1-2,4,7,14-16,18-19H,3,5-6,8-12H2. The topological polar surface area (TPSA) is 76.4 Å². The molecule has 3 atom stereocenters. The summed E-state index contributed by atoms with van der Waals surface area (Å²) in [5.41, 5.74) is 1.03. The van der Waals surface area contributed by atoms with E-state index in [2.05, 4.69) is 10.6 Å². The van der Waals surface area contributed by atoms with E-state index in [0.29, 0.717) is 24.4 Å². The molecule has 2 N–H and O–H groups in total. The van der Waals surface area contributed by atoms with Gasteiger partial charge < -0.3 is 15.4 Å². The van der Waals surface area contributed by atoms with Crippen LogP contribution in [0.25, 0.3) is 0 Å². The van der Waals surface area contributed by atoms with Crippen LogP contribution in [0.5, 0.6) is 0 Å². The number of rotatable bonds is 6. The van der Waals surface area contributed by atoms with Crippen LogP contribution in [0.3, 0.4) is 0 Å². The summed E-state index contributed by atoms with van der Waals surface area (Å²) in [6.07, 6.45) is 4.34. The molecule has 6 heteroatoms. The monoisotopic (exact) mass is 319 g/mol. The number of hydrogen-bond acceptors (Lipinski definition) is 5. The van der Waals surface area contributed by atoms with Gasteiger partial charge in [-0.3, -0.25) is 10.1 Å². The number of nitrogens with one attached hydrogen (secondary N) is 2. The molecule has 0 amide bonds. The summed E-state index contributed by atoms with van der Waals surface area (Å²) >= 11 is 0. The van der Waals surface area contributed by atoms with Crippen molar-refractivity contribution in [3.8, 4) is 0 Å². The van der Waals surface area contributed by atoms with Gasteiger partial charge in [0.25, 0.3) is 5.69 Å². The Kier molecular flexibility index (Phi) is 5.59. The Labute approximate surface area is 136 Å². The van der Waals surface area contributed by atoms with Crippen LogP contribution in [0.4, 0.5) is 5.69 Å². The second-order valence-electron chi connectivity index (χ2n) is 6.43. The minimum absolute atomic E-state index is 0.222. The predicted octanol–water partition coefficient (Wildman–Crippen LogP) is 1.88. The fraction of sp³-hybridized carbons (Fsp3) is 0.647. The number of hydrogen-bond donors (Lipinski definition) is 2. The molecule has 23 heavy (non-hydrogen) atoms. The zero-order valence-electron chi connectivity index (χ0n) is 13.4. The lowest BCUT2D eigenvalue weighted by atomic mass is 9.94. The molecule has 0 radical (unpaired) electrons. The SMILES string of the molecule is O=[N+]([O-])c1ccccc1CCNC1CCCC1C1COCCN1. The van der Waals surface area contributed by atoms with Crippen LogP contribution in [0.2, 0.25) is 0 Å². The van der Waals surface area contributed by atoms with Crippen molar-refractivity contribution in [3.05, 3.63) is 39.9 Å². The molecule has 126 valence electrons. The quantitative estimate of drug-likeness (QED) is 0.618. The van der Waals surface area contributed by atoms with E-state index in [1.807, 2.05) is 12.1 Å². The van der Waals surface area contributed by atoms with Crippen molar-refractivity contribution in [1.82, 2.24) is 10.6 Å². The van der Waals surface area contributed by atoms with Gasteiger partial charge in [0.1, 0.15) is 0 Å². The van der Waals surface area contributed by atoms with Crippen molar-refractivity contribution in [2.24, 2.45) is 5.92 Å². The molecule has 1 heterocycles. The third-order valence-corrected chi connectivity index (χ3v) is 5.03. The Bertz CT molecular complexity index is 532. The highest BCUT2D eigenvalue weighted by molar-refractivity contribution is 5.39. The summed E-state index contributed by atoms with van der Waals surface area (Å²) < 4.78 is 5.59. The Balaban J connectivity index is 1.53. The van der Waals surface area contributed by atoms with E-state index < -0.39 is 0 Å². The summed E-state index contributed by atoms with van der Waals surface area (Å²) in [4.78, 5) is 10.8. The van der Waals surface area contributed by atoms with E-state index in [9.17, 15) is 10.1 Å². The number of nitrogens with zero attached hydrogens (tertiary/aromatic N) is 1. The number of nitro groups is 1. The van der Waals surface area contributed by atoms with Gasteiger partial charge in [-0.2, -0.15) is 0 Å². The zero-order valence-corrected chi connectivity index (χ0v) is 13.4. The molecule has 1 aromatic rings. The lowest BCUT2D eigenvalue weighted by Gasteiger charge is -2.33. The molecule has 1 aromatic carbocycles. The first kappa shape index (κ1) is 16.4. The smallest absolute Gasteiger partial charge is 0.272 e. The fourth-order valence-corrected chi connectivity index (χ4v) is 3.88. The zero-order chi connectivity index (χ0) is 16.1. The second kappa shape index (κ2) is 7.86. The Morgan fingerprint density at radius 2 is 2.22 bits per heavy atom. The van der Waals surface area contributed by atoms with Crippen LogP contribution >= 0.6 is 0 Å². The van der Waals surface area contributed by atoms with Gasteiger partial charge in [-0.05, 0) is 31.7 Å². The lowest BCUT2D eigenvalue weighted by Crippen LogP contribution is -2.51. The van der Waals surface area contributed by atoms with E-state index in [1.165, 1.54) is 19.3 Å². The Morgan fingerprint density at radius 1 is 1.35 bits per heavy atom. The number of ether oxygens (including phenoxy) is 1. The Hall–Kier alpha value is -1.50. The first-order valence-electron chi connectivity index (χ1n) is 8.52. The van der Waals surface area contributed by atoms with Crippen LogP contribution in [-0.4, -0.2) is 43.3 Å². The van der Waals surface area contributed by atoms with Gasteiger partial charge in [-0.25, -0.2) is 0 Å². The van der Waals surface area contributed by atoms with Crippen LogP contribution < -0.4 is 10.6 Å². The molecule has 2 aliphatic rings. The van der Waals surface area contributed by atoms with Gasteiger partial charge in [0.2, 0.25) is 0 Å². The highest BCUT2D eigenvalue weighted by atomic mass is 16.6. The Morgan fingerprint density at radius 3 is 3.00 bits per heavy atom. The van der Waals surface area contributed by atoms with Crippen molar-refractivity contribution in [2.45, 2.75) is 37.8 Å². The highest BCUT2D eigenvalue weighted by Gasteiger charge is 2.34. The van der Waals surface area contributed by atoms with E-state index in [4.69, 9.17) is 4.74 Å². The molecule has 1 saturated carbocycles. The maximum absolute atomic E-state index is 11.1. The van der Waals surface area contributed by atoms with Gasteiger partial charge in [-0.1, -0.05) is 24.6 Å². The second-order valence-corrected chi connectivity index (χ2v) is 6.43. The molecule has 0 spiro atoms. The van der Waals surface area contributed by atoms with Gasteiger partial charge in [0, 0.05) is 30.3 Å². The van der Waals surface area contributed by atoms with Crippen LogP contribution in [0, 0.1) is 16.0 Å². The molecular weight excluding hydrogens is 294 g/mol. The average molecular weight is 319 g/mol. The molecule has 1 aliphatic carbocycles. The normalized spacial score (nSPS) is 27.9. The summed E-state index contributed by atoms with van der Waals surface area (Å²) in [7, 11) is 0. The maximum atomic E-state index is 11.1. The molecule has 3 unspecified atom stereocenters. The minimum atomic E-state index is -0.295. The van der Waals surface area contributed by atoms with Gasteiger partial charge in [-0.15, -0.1) is 0 Å². The maximum Gasteiger partial charge on any atom is 0.272 e. The van der Waals surface area contributed by atoms with E-state index in [0.717, 1.165) is 31.9 Å². The van der Waals surface area contributed by atoms with Crippen molar-refractivity contribution < 1.29 is 9.66 Å². The van der Waals surface area contributed by atoms with Gasteiger partial charge in [0.05, 0.1) is 18.1 Å².